The van der Waals surface area contributed by atoms with E-state index in [1.165, 1.54) is 12.8 Å². The van der Waals surface area contributed by atoms with Gasteiger partial charge < -0.3 is 9.64 Å². The van der Waals surface area contributed by atoms with Crippen LogP contribution >= 0.6 is 0 Å². The van der Waals surface area contributed by atoms with Crippen LogP contribution in [0.3, 0.4) is 0 Å². The van der Waals surface area contributed by atoms with Crippen molar-refractivity contribution in [2.24, 2.45) is 5.92 Å². The monoisotopic (exact) mass is 416 g/mol. The van der Waals surface area contributed by atoms with Crippen molar-refractivity contribution in [1.82, 2.24) is 15.1 Å². The number of aromatic amines is 1. The van der Waals surface area contributed by atoms with Crippen molar-refractivity contribution in [2.75, 3.05) is 18.1 Å². The second-order valence-corrected chi connectivity index (χ2v) is 9.20. The summed E-state index contributed by atoms with van der Waals surface area (Å²) in [7, 11) is 0. The van der Waals surface area contributed by atoms with Crippen LogP contribution in [0.4, 0.5) is 10.5 Å². The lowest BCUT2D eigenvalue weighted by Gasteiger charge is -2.29. The summed E-state index contributed by atoms with van der Waals surface area (Å²) >= 11 is 0. The molecule has 1 aliphatic heterocycles. The molecular weight excluding hydrogens is 388 g/mol. The normalized spacial score (nSPS) is 17.9. The number of aromatic nitrogens is 2. The molecule has 0 bridgehead atoms. The summed E-state index contributed by atoms with van der Waals surface area (Å²) in [6.07, 6.45) is 6.21. The second kappa shape index (κ2) is 7.76. The van der Waals surface area contributed by atoms with E-state index in [2.05, 4.69) is 36.2 Å². The fourth-order valence-corrected chi connectivity index (χ4v) is 4.09. The van der Waals surface area contributed by atoms with Gasteiger partial charge in [0.2, 0.25) is 0 Å². The van der Waals surface area contributed by atoms with Crippen molar-refractivity contribution in [3.8, 4) is 16.9 Å². The van der Waals surface area contributed by atoms with Crippen LogP contribution in [0.25, 0.3) is 11.1 Å². The highest BCUT2D eigenvalue weighted by Gasteiger charge is 2.43. The summed E-state index contributed by atoms with van der Waals surface area (Å²) in [6.45, 7) is 6.25. The first-order valence-electron chi connectivity index (χ1n) is 10.9. The lowest BCUT2D eigenvalue weighted by atomic mass is 10.0. The number of carbonyl (C=O) groups is 1. The molecule has 0 radical (unpaired) electrons. The SMILES string of the molecule is CC1(C)CN(c2ccc(-c3cn[nH]c3)cc2)C(=O)N1Cc1cccc(OCC2CC2)c1. The van der Waals surface area contributed by atoms with Crippen molar-refractivity contribution in [3.05, 3.63) is 66.5 Å². The number of hydrogen-bond donors (Lipinski definition) is 1. The van der Waals surface area contributed by atoms with Crippen LogP contribution in [0.1, 0.15) is 32.3 Å². The smallest absolute Gasteiger partial charge is 0.325 e. The lowest BCUT2D eigenvalue weighted by Crippen LogP contribution is -2.41. The number of benzene rings is 2. The number of H-pyrrole nitrogens is 1. The molecule has 2 aromatic carbocycles. The third-order valence-electron chi connectivity index (χ3n) is 6.17. The van der Waals surface area contributed by atoms with Crippen LogP contribution in [0.5, 0.6) is 5.75 Å². The highest BCUT2D eigenvalue weighted by molar-refractivity contribution is 5.95. The molecule has 1 aromatic heterocycles. The van der Waals surface area contributed by atoms with Crippen molar-refractivity contribution in [3.63, 3.8) is 0 Å². The quantitative estimate of drug-likeness (QED) is 0.584. The Labute approximate surface area is 182 Å². The van der Waals surface area contributed by atoms with Gasteiger partial charge in [0.1, 0.15) is 5.75 Å². The molecule has 3 aromatic rings. The molecule has 0 atom stereocenters. The Hall–Kier alpha value is -3.28. The van der Waals surface area contributed by atoms with Crippen molar-refractivity contribution in [2.45, 2.75) is 38.8 Å². The molecule has 1 saturated heterocycles. The van der Waals surface area contributed by atoms with Crippen LogP contribution in [0.2, 0.25) is 0 Å². The average molecular weight is 417 g/mol. The molecule has 160 valence electrons. The number of urea groups is 1. The highest BCUT2D eigenvalue weighted by Crippen LogP contribution is 2.34. The van der Waals surface area contributed by atoms with Gasteiger partial charge in [-0.1, -0.05) is 24.3 Å². The van der Waals surface area contributed by atoms with Crippen LogP contribution < -0.4 is 9.64 Å². The molecule has 31 heavy (non-hydrogen) atoms. The summed E-state index contributed by atoms with van der Waals surface area (Å²) < 4.78 is 5.93. The molecule has 2 heterocycles. The van der Waals surface area contributed by atoms with Crippen LogP contribution in [-0.2, 0) is 6.54 Å². The summed E-state index contributed by atoms with van der Waals surface area (Å²) in [5.41, 5.74) is 3.83. The summed E-state index contributed by atoms with van der Waals surface area (Å²) in [5, 5.41) is 6.84. The molecular formula is C25H28N4O2. The molecule has 6 heteroatoms. The van der Waals surface area contributed by atoms with Gasteiger partial charge >= 0.3 is 6.03 Å². The number of carbonyl (C=O) groups excluding carboxylic acids is 1. The Morgan fingerprint density at radius 2 is 1.94 bits per heavy atom. The average Bonchev–Trinajstić information content (AvgIpc) is 3.38. The van der Waals surface area contributed by atoms with Gasteiger partial charge in [0.15, 0.2) is 0 Å². The first kappa shape index (κ1) is 19.7. The Bertz CT molecular complexity index is 1060. The number of ether oxygens (including phenoxy) is 1. The minimum Gasteiger partial charge on any atom is -0.493 e. The van der Waals surface area contributed by atoms with E-state index in [0.717, 1.165) is 40.7 Å². The van der Waals surface area contributed by atoms with Crippen molar-refractivity contribution in [1.29, 1.82) is 0 Å². The minimum atomic E-state index is -0.273. The van der Waals surface area contributed by atoms with Crippen molar-refractivity contribution >= 4 is 11.7 Å². The van der Waals surface area contributed by atoms with E-state index in [1.54, 1.807) is 6.20 Å². The molecule has 5 rings (SSSR count). The van der Waals surface area contributed by atoms with E-state index in [1.807, 2.05) is 52.4 Å². The maximum absolute atomic E-state index is 13.4. The second-order valence-electron chi connectivity index (χ2n) is 9.20. The fraction of sp³-hybridized carbons (Fsp3) is 0.360. The number of hydrogen-bond acceptors (Lipinski definition) is 3. The Morgan fingerprint density at radius 1 is 1.13 bits per heavy atom. The first-order chi connectivity index (χ1) is 15.0. The van der Waals surface area contributed by atoms with Gasteiger partial charge in [0, 0.05) is 24.0 Å². The predicted molar refractivity (Wildman–Crippen MR) is 121 cm³/mol. The Kier molecular flexibility index (Phi) is 4.93. The lowest BCUT2D eigenvalue weighted by molar-refractivity contribution is 0.172. The van der Waals surface area contributed by atoms with E-state index < -0.39 is 0 Å². The largest absolute Gasteiger partial charge is 0.493 e. The van der Waals surface area contributed by atoms with Gasteiger partial charge in [0.05, 0.1) is 24.9 Å². The number of nitrogens with one attached hydrogen (secondary N) is 1. The number of nitrogens with zero attached hydrogens (tertiary/aromatic N) is 3. The fourth-order valence-electron chi connectivity index (χ4n) is 4.09. The molecule has 1 aliphatic carbocycles. The van der Waals surface area contributed by atoms with E-state index in [4.69, 9.17) is 4.74 Å². The summed E-state index contributed by atoms with van der Waals surface area (Å²) in [4.78, 5) is 17.2. The van der Waals surface area contributed by atoms with E-state index in [0.29, 0.717) is 13.1 Å². The molecule has 2 fully saturated rings. The predicted octanol–water partition coefficient (Wildman–Crippen LogP) is 5.09. The summed E-state index contributed by atoms with van der Waals surface area (Å²) in [5.74, 6) is 1.61. The van der Waals surface area contributed by atoms with Crippen LogP contribution in [0, 0.1) is 5.92 Å². The van der Waals surface area contributed by atoms with E-state index in [-0.39, 0.29) is 11.6 Å². The molecule has 1 N–H and O–H groups in total. The maximum Gasteiger partial charge on any atom is 0.325 e. The molecule has 1 saturated carbocycles. The van der Waals surface area contributed by atoms with Crippen LogP contribution in [0.15, 0.2) is 60.9 Å². The van der Waals surface area contributed by atoms with Gasteiger partial charge in [-0.05, 0) is 68.0 Å². The number of amides is 2. The maximum atomic E-state index is 13.4. The number of anilines is 1. The topological polar surface area (TPSA) is 61.5 Å². The molecule has 0 spiro atoms. The number of rotatable bonds is 7. The summed E-state index contributed by atoms with van der Waals surface area (Å²) in [6, 6.07) is 16.2. The zero-order valence-electron chi connectivity index (χ0n) is 18.0. The molecule has 2 aliphatic rings. The Balaban J connectivity index is 1.31. The van der Waals surface area contributed by atoms with Gasteiger partial charge in [-0.3, -0.25) is 10.00 Å². The third-order valence-corrected chi connectivity index (χ3v) is 6.17. The zero-order chi connectivity index (χ0) is 21.4. The van der Waals surface area contributed by atoms with E-state index >= 15 is 0 Å². The standard InChI is InChI=1S/C25H28N4O2/c1-25(2)17-28(22-10-8-20(9-11-22)21-13-26-27-14-21)24(30)29(25)15-19-4-3-5-23(12-19)31-16-18-6-7-18/h3-5,8-14,18H,6-7,15-17H2,1-2H3,(H,26,27). The zero-order valence-corrected chi connectivity index (χ0v) is 18.0. The van der Waals surface area contributed by atoms with Crippen LogP contribution in [-0.4, -0.2) is 39.8 Å². The van der Waals surface area contributed by atoms with Crippen molar-refractivity contribution < 1.29 is 9.53 Å². The highest BCUT2D eigenvalue weighted by atomic mass is 16.5. The molecule has 6 nitrogen and oxygen atoms in total. The Morgan fingerprint density at radius 3 is 2.65 bits per heavy atom. The first-order valence-corrected chi connectivity index (χ1v) is 10.9. The van der Waals surface area contributed by atoms with Gasteiger partial charge in [-0.2, -0.15) is 5.10 Å². The third kappa shape index (κ3) is 4.15. The minimum absolute atomic E-state index is 0.0327. The van der Waals surface area contributed by atoms with Gasteiger partial charge in [-0.15, -0.1) is 0 Å². The van der Waals surface area contributed by atoms with E-state index in [9.17, 15) is 4.79 Å². The van der Waals surface area contributed by atoms with Gasteiger partial charge in [0.25, 0.3) is 0 Å². The van der Waals surface area contributed by atoms with Gasteiger partial charge in [-0.25, -0.2) is 4.79 Å². The molecule has 2 amide bonds. The molecule has 0 unspecified atom stereocenters.